The summed E-state index contributed by atoms with van der Waals surface area (Å²) in [6.45, 7) is 0.620. The molecule has 0 aromatic carbocycles. The van der Waals surface area contributed by atoms with Crippen LogP contribution in [0, 0.1) is 0 Å². The van der Waals surface area contributed by atoms with Gasteiger partial charge in [-0.25, -0.2) is 15.0 Å². The lowest BCUT2D eigenvalue weighted by Gasteiger charge is -2.06. The number of hydrogen-bond acceptors (Lipinski definition) is 4. The number of aryl methyl sites for hydroxylation is 1. The topological polar surface area (TPSA) is 55.6 Å². The lowest BCUT2D eigenvalue weighted by atomic mass is 10.4. The molecule has 6 heteroatoms. The van der Waals surface area contributed by atoms with Crippen LogP contribution in [0.2, 0.25) is 5.15 Å². The number of halogens is 1. The zero-order valence-electron chi connectivity index (χ0n) is 8.18. The summed E-state index contributed by atoms with van der Waals surface area (Å²) in [5.41, 5.74) is 1.05. The van der Waals surface area contributed by atoms with E-state index in [2.05, 4.69) is 20.3 Å². The SMILES string of the molecule is Cn1cncc1CNc1nccnc1Cl. The molecule has 0 atom stereocenters. The van der Waals surface area contributed by atoms with Crippen molar-refractivity contribution in [3.05, 3.63) is 35.8 Å². The predicted molar refractivity (Wildman–Crippen MR) is 57.6 cm³/mol. The molecule has 2 rings (SSSR count). The molecule has 78 valence electrons. The Bertz CT molecular complexity index is 453. The summed E-state index contributed by atoms with van der Waals surface area (Å²) in [4.78, 5) is 12.0. The van der Waals surface area contributed by atoms with E-state index in [4.69, 9.17) is 11.6 Å². The van der Waals surface area contributed by atoms with Crippen LogP contribution >= 0.6 is 11.6 Å². The van der Waals surface area contributed by atoms with Gasteiger partial charge in [-0.15, -0.1) is 0 Å². The van der Waals surface area contributed by atoms with Crippen molar-refractivity contribution in [3.63, 3.8) is 0 Å². The van der Waals surface area contributed by atoms with Crippen LogP contribution in [0.1, 0.15) is 5.69 Å². The van der Waals surface area contributed by atoms with E-state index in [1.165, 1.54) is 0 Å². The third kappa shape index (κ3) is 2.24. The van der Waals surface area contributed by atoms with Gasteiger partial charge in [-0.3, -0.25) is 0 Å². The molecule has 0 radical (unpaired) electrons. The van der Waals surface area contributed by atoms with E-state index < -0.39 is 0 Å². The second-order valence-corrected chi connectivity index (χ2v) is 3.40. The fourth-order valence-corrected chi connectivity index (χ4v) is 1.34. The molecule has 1 N–H and O–H groups in total. The monoisotopic (exact) mass is 223 g/mol. The summed E-state index contributed by atoms with van der Waals surface area (Å²) in [5, 5.41) is 3.46. The molecule has 0 spiro atoms. The normalized spacial score (nSPS) is 10.3. The molecular formula is C9H10ClN5. The Kier molecular flexibility index (Phi) is 2.82. The Hall–Kier alpha value is -1.62. The van der Waals surface area contributed by atoms with Gasteiger partial charge in [-0.1, -0.05) is 11.6 Å². The zero-order valence-corrected chi connectivity index (χ0v) is 8.94. The van der Waals surface area contributed by atoms with Crippen LogP contribution in [-0.4, -0.2) is 19.5 Å². The standard InChI is InChI=1S/C9H10ClN5/c1-15-6-11-4-7(15)5-14-9-8(10)12-2-3-13-9/h2-4,6H,5H2,1H3,(H,13,14). The summed E-state index contributed by atoms with van der Waals surface area (Å²) in [6.07, 6.45) is 6.68. The molecule has 15 heavy (non-hydrogen) atoms. The van der Waals surface area contributed by atoms with Crippen molar-refractivity contribution >= 4 is 17.4 Å². The van der Waals surface area contributed by atoms with Gasteiger partial charge in [0.25, 0.3) is 0 Å². The van der Waals surface area contributed by atoms with Crippen molar-refractivity contribution in [2.75, 3.05) is 5.32 Å². The number of nitrogens with zero attached hydrogens (tertiary/aromatic N) is 4. The van der Waals surface area contributed by atoms with Gasteiger partial charge in [-0.2, -0.15) is 0 Å². The van der Waals surface area contributed by atoms with Crippen molar-refractivity contribution < 1.29 is 0 Å². The second kappa shape index (κ2) is 4.27. The molecule has 0 aliphatic heterocycles. The number of nitrogens with one attached hydrogen (secondary N) is 1. The average molecular weight is 224 g/mol. The van der Waals surface area contributed by atoms with E-state index in [0.29, 0.717) is 17.5 Å². The van der Waals surface area contributed by atoms with E-state index in [-0.39, 0.29) is 0 Å². The van der Waals surface area contributed by atoms with Gasteiger partial charge in [0.05, 0.1) is 18.6 Å². The second-order valence-electron chi connectivity index (χ2n) is 3.05. The largest absolute Gasteiger partial charge is 0.362 e. The number of aromatic nitrogens is 4. The minimum Gasteiger partial charge on any atom is -0.362 e. The Balaban J connectivity index is 2.06. The third-order valence-electron chi connectivity index (χ3n) is 2.01. The molecule has 0 saturated carbocycles. The fourth-order valence-electron chi connectivity index (χ4n) is 1.17. The predicted octanol–water partition coefficient (Wildman–Crippen LogP) is 1.48. The first-order chi connectivity index (χ1) is 7.27. The molecule has 2 aromatic heterocycles. The molecular weight excluding hydrogens is 214 g/mol. The Morgan fingerprint density at radius 1 is 1.40 bits per heavy atom. The van der Waals surface area contributed by atoms with Crippen LogP contribution in [0.4, 0.5) is 5.82 Å². The molecule has 0 unspecified atom stereocenters. The lowest BCUT2D eigenvalue weighted by Crippen LogP contribution is -2.05. The molecule has 0 bridgehead atoms. The minimum absolute atomic E-state index is 0.375. The molecule has 2 aromatic rings. The Labute approximate surface area is 92.1 Å². The third-order valence-corrected chi connectivity index (χ3v) is 2.28. The van der Waals surface area contributed by atoms with Crippen LogP contribution in [-0.2, 0) is 13.6 Å². The first kappa shape index (κ1) is 9.92. The Morgan fingerprint density at radius 2 is 2.20 bits per heavy atom. The van der Waals surface area contributed by atoms with Gasteiger partial charge in [0.15, 0.2) is 11.0 Å². The number of hydrogen-bond donors (Lipinski definition) is 1. The lowest BCUT2D eigenvalue weighted by molar-refractivity contribution is 0.835. The molecule has 0 saturated heterocycles. The minimum atomic E-state index is 0.375. The quantitative estimate of drug-likeness (QED) is 0.856. The molecule has 2 heterocycles. The highest BCUT2D eigenvalue weighted by Gasteiger charge is 2.02. The molecule has 0 aliphatic carbocycles. The number of rotatable bonds is 3. The van der Waals surface area contributed by atoms with Gasteiger partial charge in [-0.05, 0) is 0 Å². The van der Waals surface area contributed by atoms with Gasteiger partial charge >= 0.3 is 0 Å². The van der Waals surface area contributed by atoms with Gasteiger partial charge in [0.1, 0.15) is 0 Å². The smallest absolute Gasteiger partial charge is 0.171 e. The summed E-state index contributed by atoms with van der Waals surface area (Å²) in [6, 6.07) is 0. The maximum atomic E-state index is 5.85. The van der Waals surface area contributed by atoms with Gasteiger partial charge < -0.3 is 9.88 Å². The van der Waals surface area contributed by atoms with Crippen LogP contribution in [0.5, 0.6) is 0 Å². The molecule has 0 fully saturated rings. The zero-order chi connectivity index (χ0) is 10.7. The van der Waals surface area contributed by atoms with E-state index >= 15 is 0 Å². The van der Waals surface area contributed by atoms with Crippen molar-refractivity contribution in [1.82, 2.24) is 19.5 Å². The van der Waals surface area contributed by atoms with Gasteiger partial charge in [0, 0.05) is 25.6 Å². The van der Waals surface area contributed by atoms with Crippen molar-refractivity contribution in [2.45, 2.75) is 6.54 Å². The summed E-state index contributed by atoms with van der Waals surface area (Å²) >= 11 is 5.85. The van der Waals surface area contributed by atoms with Crippen molar-refractivity contribution in [1.29, 1.82) is 0 Å². The summed E-state index contributed by atoms with van der Waals surface area (Å²) < 4.78 is 1.93. The highest BCUT2D eigenvalue weighted by molar-refractivity contribution is 6.31. The summed E-state index contributed by atoms with van der Waals surface area (Å²) in [5.74, 6) is 0.584. The highest BCUT2D eigenvalue weighted by Crippen LogP contribution is 2.14. The van der Waals surface area contributed by atoms with E-state index in [1.54, 1.807) is 24.9 Å². The van der Waals surface area contributed by atoms with E-state index in [9.17, 15) is 0 Å². The van der Waals surface area contributed by atoms with Crippen LogP contribution in [0.25, 0.3) is 0 Å². The Morgan fingerprint density at radius 3 is 2.87 bits per heavy atom. The summed E-state index contributed by atoms with van der Waals surface area (Å²) in [7, 11) is 1.93. The van der Waals surface area contributed by atoms with Crippen molar-refractivity contribution in [2.24, 2.45) is 7.05 Å². The molecule has 5 nitrogen and oxygen atoms in total. The molecule has 0 aliphatic rings. The molecule has 0 amide bonds. The van der Waals surface area contributed by atoms with Crippen molar-refractivity contribution in [3.8, 4) is 0 Å². The van der Waals surface area contributed by atoms with Gasteiger partial charge in [0.2, 0.25) is 0 Å². The first-order valence-electron chi connectivity index (χ1n) is 4.43. The first-order valence-corrected chi connectivity index (χ1v) is 4.81. The maximum absolute atomic E-state index is 5.85. The number of anilines is 1. The fraction of sp³-hybridized carbons (Fsp3) is 0.222. The number of imidazole rings is 1. The highest BCUT2D eigenvalue weighted by atomic mass is 35.5. The van der Waals surface area contributed by atoms with Crippen LogP contribution in [0.3, 0.4) is 0 Å². The maximum Gasteiger partial charge on any atom is 0.171 e. The van der Waals surface area contributed by atoms with E-state index in [1.807, 2.05) is 11.6 Å². The van der Waals surface area contributed by atoms with Crippen LogP contribution in [0.15, 0.2) is 24.9 Å². The average Bonchev–Trinajstić information content (AvgIpc) is 2.63. The van der Waals surface area contributed by atoms with Crippen LogP contribution < -0.4 is 5.32 Å². The van der Waals surface area contributed by atoms with E-state index in [0.717, 1.165) is 5.69 Å².